The van der Waals surface area contributed by atoms with Gasteiger partial charge in [0.05, 0.1) is 34.1 Å². The summed E-state index contributed by atoms with van der Waals surface area (Å²) in [5.74, 6) is 0. The first-order chi connectivity index (χ1) is 33.7. The van der Waals surface area contributed by atoms with Crippen LogP contribution in [0, 0.1) is 0 Å². The van der Waals surface area contributed by atoms with Crippen molar-refractivity contribution in [1.29, 1.82) is 0 Å². The Kier molecular flexibility index (Phi) is 8.62. The van der Waals surface area contributed by atoms with E-state index in [2.05, 4.69) is 265 Å². The van der Waals surface area contributed by atoms with Crippen molar-refractivity contribution < 1.29 is 0 Å². The number of rotatable bonds is 4. The molecule has 68 heavy (non-hydrogen) atoms. The summed E-state index contributed by atoms with van der Waals surface area (Å²) in [6, 6.07) is 85.2. The van der Waals surface area contributed by atoms with Gasteiger partial charge in [-0.05, 0) is 136 Å². The van der Waals surface area contributed by atoms with Crippen LogP contribution in [-0.4, -0.2) is 0 Å². The van der Waals surface area contributed by atoms with Crippen molar-refractivity contribution in [2.24, 2.45) is 0 Å². The number of anilines is 6. The second kappa shape index (κ2) is 15.3. The zero-order valence-corrected chi connectivity index (χ0v) is 37.1. The van der Waals surface area contributed by atoms with E-state index in [1.54, 1.807) is 0 Å². The third-order valence-electron chi connectivity index (χ3n) is 14.3. The second-order valence-electron chi connectivity index (χ2n) is 18.0. The third-order valence-corrected chi connectivity index (χ3v) is 14.3. The number of hydrogen-bond donors (Lipinski definition) is 0. The molecule has 0 aromatic heterocycles. The molecule has 0 fully saturated rings. The summed E-state index contributed by atoms with van der Waals surface area (Å²) in [7, 11) is 0. The lowest BCUT2D eigenvalue weighted by Gasteiger charge is -2.29. The van der Waals surface area contributed by atoms with E-state index in [0.29, 0.717) is 0 Å². The standard InChI is InChI=1S/C66H42N2/c1-5-21-52-43(15-1)19-13-29-62(52)67-60-27-11-3-17-45(60)31-33-47-35-37-49(41-64(47)67)58-39-51-40-59(55-24-8-10-26-57(55)66(51)56-25-9-7-23-54(56)58)50-38-36-48-34-32-46-18-4-12-28-61(46)68(65(48)42-50)63-30-14-20-44-16-2-6-22-53(44)63/h1-42H. The fourth-order valence-corrected chi connectivity index (χ4v) is 11.2. The second-order valence-corrected chi connectivity index (χ2v) is 18.0. The Morgan fingerprint density at radius 1 is 0.221 bits per heavy atom. The van der Waals surface area contributed by atoms with E-state index in [-0.39, 0.29) is 0 Å². The molecule has 0 spiro atoms. The Balaban J connectivity index is 0.992. The molecule has 2 heterocycles. The SMILES string of the molecule is C1=Cc2ccc(-c3cc4cc(-c5ccc6c(c5)N(c5cccc7ccccc57)c5ccccc5C=C6)c5ccccc5c4c4ccccc34)cc2N(c2cccc3ccccc23)c2ccccc21. The molecule has 14 rings (SSSR count). The zero-order valence-electron chi connectivity index (χ0n) is 37.1. The molecule has 0 unspecified atom stereocenters. The Hall–Kier alpha value is -8.98. The van der Waals surface area contributed by atoms with Gasteiger partial charge < -0.3 is 9.80 Å². The van der Waals surface area contributed by atoms with Gasteiger partial charge in [-0.3, -0.25) is 0 Å². The Labute approximate surface area is 395 Å². The molecule has 0 radical (unpaired) electrons. The molecule has 0 aliphatic carbocycles. The lowest BCUT2D eigenvalue weighted by Crippen LogP contribution is -2.12. The van der Waals surface area contributed by atoms with Gasteiger partial charge in [-0.15, -0.1) is 0 Å². The summed E-state index contributed by atoms with van der Waals surface area (Å²) >= 11 is 0. The molecular formula is C66H42N2. The minimum absolute atomic E-state index is 1.15. The van der Waals surface area contributed by atoms with E-state index in [1.165, 1.54) is 98.4 Å². The van der Waals surface area contributed by atoms with E-state index in [9.17, 15) is 0 Å². The van der Waals surface area contributed by atoms with Crippen LogP contribution < -0.4 is 9.80 Å². The van der Waals surface area contributed by atoms with Crippen LogP contribution in [0.2, 0.25) is 0 Å². The molecule has 2 aliphatic heterocycles. The van der Waals surface area contributed by atoms with Crippen molar-refractivity contribution in [3.8, 4) is 22.3 Å². The van der Waals surface area contributed by atoms with Crippen LogP contribution in [0.3, 0.4) is 0 Å². The van der Waals surface area contributed by atoms with Crippen molar-refractivity contribution in [3.63, 3.8) is 0 Å². The average Bonchev–Trinajstić information content (AvgIpc) is 3.67. The highest BCUT2D eigenvalue weighted by atomic mass is 15.2. The predicted octanol–water partition coefficient (Wildman–Crippen LogP) is 18.7. The molecule has 0 amide bonds. The summed E-state index contributed by atoms with van der Waals surface area (Å²) in [4.78, 5) is 4.94. The lowest BCUT2D eigenvalue weighted by molar-refractivity contribution is 1.29. The minimum atomic E-state index is 1.15. The summed E-state index contributed by atoms with van der Waals surface area (Å²) in [5.41, 5.74) is 16.5. The molecule has 2 heteroatoms. The molecule has 316 valence electrons. The van der Waals surface area contributed by atoms with Crippen LogP contribution in [0.1, 0.15) is 22.3 Å². The molecule has 0 saturated heterocycles. The van der Waals surface area contributed by atoms with Crippen molar-refractivity contribution in [2.75, 3.05) is 9.80 Å². The molecule has 2 aliphatic rings. The highest BCUT2D eigenvalue weighted by Crippen LogP contribution is 2.50. The van der Waals surface area contributed by atoms with Crippen LogP contribution in [0.4, 0.5) is 34.1 Å². The number of benzene rings is 12. The molecule has 0 N–H and O–H groups in total. The smallest absolute Gasteiger partial charge is 0.0540 e. The Bertz CT molecular complexity index is 3840. The van der Waals surface area contributed by atoms with E-state index >= 15 is 0 Å². The predicted molar refractivity (Wildman–Crippen MR) is 292 cm³/mol. The van der Waals surface area contributed by atoms with Gasteiger partial charge in [-0.2, -0.15) is 0 Å². The van der Waals surface area contributed by atoms with Crippen LogP contribution in [0.25, 0.3) is 100 Å². The number of para-hydroxylation sites is 2. The molecule has 0 saturated carbocycles. The van der Waals surface area contributed by atoms with Gasteiger partial charge in [0.1, 0.15) is 0 Å². The van der Waals surface area contributed by atoms with Crippen LogP contribution in [0.5, 0.6) is 0 Å². The Morgan fingerprint density at radius 2 is 0.574 bits per heavy atom. The van der Waals surface area contributed by atoms with Gasteiger partial charge in [0, 0.05) is 10.8 Å². The van der Waals surface area contributed by atoms with E-state index in [1.807, 2.05) is 0 Å². The van der Waals surface area contributed by atoms with Crippen molar-refractivity contribution >= 4 is 112 Å². The fraction of sp³-hybridized carbons (Fsp3) is 0. The summed E-state index contributed by atoms with van der Waals surface area (Å²) in [5, 5.41) is 12.3. The number of nitrogens with zero attached hydrogens (tertiary/aromatic N) is 2. The highest BCUT2D eigenvalue weighted by molar-refractivity contribution is 6.26. The molecular weight excluding hydrogens is 821 g/mol. The van der Waals surface area contributed by atoms with Crippen LogP contribution in [0.15, 0.2) is 231 Å². The summed E-state index contributed by atoms with van der Waals surface area (Å²) in [6.45, 7) is 0. The topological polar surface area (TPSA) is 6.48 Å². The first-order valence-corrected chi connectivity index (χ1v) is 23.5. The van der Waals surface area contributed by atoms with Gasteiger partial charge >= 0.3 is 0 Å². The monoisotopic (exact) mass is 862 g/mol. The summed E-state index contributed by atoms with van der Waals surface area (Å²) in [6.07, 6.45) is 9.07. The largest absolute Gasteiger partial charge is 0.309 e. The van der Waals surface area contributed by atoms with E-state index in [0.717, 1.165) is 34.1 Å². The van der Waals surface area contributed by atoms with Crippen molar-refractivity contribution in [2.45, 2.75) is 0 Å². The third kappa shape index (κ3) is 5.98. The molecule has 0 atom stereocenters. The Morgan fingerprint density at radius 3 is 1.04 bits per heavy atom. The van der Waals surface area contributed by atoms with E-state index in [4.69, 9.17) is 0 Å². The normalized spacial score (nSPS) is 12.8. The summed E-state index contributed by atoms with van der Waals surface area (Å²) < 4.78 is 0. The first kappa shape index (κ1) is 38.3. The van der Waals surface area contributed by atoms with Crippen LogP contribution >= 0.6 is 0 Å². The van der Waals surface area contributed by atoms with Crippen LogP contribution in [-0.2, 0) is 0 Å². The molecule has 12 aromatic carbocycles. The van der Waals surface area contributed by atoms with Gasteiger partial charge in [0.25, 0.3) is 0 Å². The zero-order chi connectivity index (χ0) is 44.7. The average molecular weight is 863 g/mol. The van der Waals surface area contributed by atoms with E-state index < -0.39 is 0 Å². The van der Waals surface area contributed by atoms with Gasteiger partial charge in [0.2, 0.25) is 0 Å². The minimum Gasteiger partial charge on any atom is -0.309 e. The van der Waals surface area contributed by atoms with Gasteiger partial charge in [-0.25, -0.2) is 0 Å². The number of fused-ring (bicyclic) bond motifs is 11. The molecule has 2 nitrogen and oxygen atoms in total. The molecule has 0 bridgehead atoms. The first-order valence-electron chi connectivity index (χ1n) is 23.5. The highest BCUT2D eigenvalue weighted by Gasteiger charge is 2.25. The van der Waals surface area contributed by atoms with Crippen molar-refractivity contribution in [1.82, 2.24) is 0 Å². The quantitative estimate of drug-likeness (QED) is 0.163. The maximum Gasteiger partial charge on any atom is 0.0540 e. The van der Waals surface area contributed by atoms with Crippen molar-refractivity contribution in [3.05, 3.63) is 253 Å². The molecule has 12 aromatic rings. The number of hydrogen-bond acceptors (Lipinski definition) is 2. The van der Waals surface area contributed by atoms with Gasteiger partial charge in [0.15, 0.2) is 0 Å². The maximum absolute atomic E-state index is 2.47. The fourth-order valence-electron chi connectivity index (χ4n) is 11.2. The van der Waals surface area contributed by atoms with Gasteiger partial charge in [-0.1, -0.05) is 206 Å². The maximum atomic E-state index is 2.47. The lowest BCUT2D eigenvalue weighted by atomic mass is 9.87.